The summed E-state index contributed by atoms with van der Waals surface area (Å²) in [7, 11) is 0. The molecule has 0 radical (unpaired) electrons. The number of nitrogens with zero attached hydrogens (tertiary/aromatic N) is 1. The first kappa shape index (κ1) is 20.7. The fourth-order valence-electron chi connectivity index (χ4n) is 3.66. The van der Waals surface area contributed by atoms with Gasteiger partial charge in [0.25, 0.3) is 0 Å². The maximum atomic E-state index is 14.4. The number of aromatic nitrogens is 1. The number of benzene rings is 3. The summed E-state index contributed by atoms with van der Waals surface area (Å²) < 4.78 is 32.0. The molecule has 172 valence electrons. The van der Waals surface area contributed by atoms with Gasteiger partial charge in [-0.3, -0.25) is 4.79 Å². The Bertz CT molecular complexity index is 1400. The molecule has 9 heteroatoms. The number of amides is 1. The first-order valence-electron chi connectivity index (χ1n) is 10.9. The van der Waals surface area contributed by atoms with Crippen LogP contribution in [0.5, 0.6) is 23.0 Å². The number of hydrogen-bond acceptors (Lipinski definition) is 7. The normalized spacial score (nSPS) is 14.3. The van der Waals surface area contributed by atoms with E-state index in [9.17, 15) is 9.18 Å². The Balaban J connectivity index is 1.15. The second kappa shape index (κ2) is 8.49. The van der Waals surface area contributed by atoms with Gasteiger partial charge < -0.3 is 24.8 Å². The lowest BCUT2D eigenvalue weighted by Gasteiger charge is -2.11. The van der Waals surface area contributed by atoms with Gasteiger partial charge in [-0.15, -0.1) is 0 Å². The first-order valence-corrected chi connectivity index (χ1v) is 11.7. The highest BCUT2D eigenvalue weighted by Gasteiger charge is 2.30. The number of hydrogen-bond donors (Lipinski definition) is 2. The third kappa shape index (κ3) is 4.34. The summed E-state index contributed by atoms with van der Waals surface area (Å²) in [6.45, 7) is 0.628. The van der Waals surface area contributed by atoms with Gasteiger partial charge in [0, 0.05) is 24.6 Å². The van der Waals surface area contributed by atoms with Crippen molar-refractivity contribution in [3.63, 3.8) is 0 Å². The molecular formula is C25H20FN3O4S. The van der Waals surface area contributed by atoms with Crippen molar-refractivity contribution in [1.82, 2.24) is 4.98 Å². The molecule has 0 spiro atoms. The van der Waals surface area contributed by atoms with Crippen LogP contribution in [0, 0.1) is 11.7 Å². The van der Waals surface area contributed by atoms with Crippen molar-refractivity contribution in [3.05, 3.63) is 66.0 Å². The molecule has 1 aliphatic carbocycles. The maximum absolute atomic E-state index is 14.4. The number of rotatable bonds is 7. The molecule has 1 fully saturated rings. The van der Waals surface area contributed by atoms with E-state index >= 15 is 0 Å². The minimum Gasteiger partial charge on any atom is -0.457 e. The molecule has 2 N–H and O–H groups in total. The molecule has 3 aromatic carbocycles. The van der Waals surface area contributed by atoms with Crippen LogP contribution < -0.4 is 24.8 Å². The lowest BCUT2D eigenvalue weighted by molar-refractivity contribution is -0.117. The van der Waals surface area contributed by atoms with Crippen molar-refractivity contribution in [3.8, 4) is 23.0 Å². The standard InChI is InChI=1S/C25H20FN3O4S/c26-18-6-4-16(10-20(18)27-12-14-1-8-21-22(9-14)32-13-31-21)33-17-5-7-19-23(11-17)34-25(28-19)29-24(30)15-2-3-15/h1,4-11,15,27H,2-3,12-13H2,(H,28,29,30). The summed E-state index contributed by atoms with van der Waals surface area (Å²) >= 11 is 1.40. The number of halogens is 1. The summed E-state index contributed by atoms with van der Waals surface area (Å²) in [6, 6.07) is 15.7. The Morgan fingerprint density at radius 1 is 1.06 bits per heavy atom. The van der Waals surface area contributed by atoms with Crippen molar-refractivity contribution in [2.24, 2.45) is 5.92 Å². The molecule has 1 aliphatic heterocycles. The molecule has 1 saturated carbocycles. The monoisotopic (exact) mass is 477 g/mol. The second-order valence-electron chi connectivity index (χ2n) is 8.20. The van der Waals surface area contributed by atoms with E-state index in [-0.39, 0.29) is 24.4 Å². The number of nitrogens with one attached hydrogen (secondary N) is 2. The van der Waals surface area contributed by atoms with Gasteiger partial charge in [0.05, 0.1) is 15.9 Å². The molecule has 2 heterocycles. The van der Waals surface area contributed by atoms with Crippen LogP contribution in [0.3, 0.4) is 0 Å². The smallest absolute Gasteiger partial charge is 0.231 e. The Morgan fingerprint density at radius 2 is 1.88 bits per heavy atom. The number of carbonyl (C=O) groups is 1. The number of ether oxygens (including phenoxy) is 3. The largest absolute Gasteiger partial charge is 0.457 e. The predicted molar refractivity (Wildman–Crippen MR) is 127 cm³/mol. The number of carbonyl (C=O) groups excluding carboxylic acids is 1. The Hall–Kier alpha value is -3.85. The third-order valence-electron chi connectivity index (χ3n) is 5.63. The van der Waals surface area contributed by atoms with Crippen LogP contribution in [0.2, 0.25) is 0 Å². The highest BCUT2D eigenvalue weighted by atomic mass is 32.1. The van der Waals surface area contributed by atoms with Crippen molar-refractivity contribution >= 4 is 38.3 Å². The molecule has 2 aliphatic rings. The van der Waals surface area contributed by atoms with E-state index in [4.69, 9.17) is 14.2 Å². The molecule has 0 unspecified atom stereocenters. The molecule has 7 nitrogen and oxygen atoms in total. The fourth-order valence-corrected chi connectivity index (χ4v) is 4.56. The van der Waals surface area contributed by atoms with E-state index in [1.54, 1.807) is 18.2 Å². The molecule has 34 heavy (non-hydrogen) atoms. The van der Waals surface area contributed by atoms with E-state index in [2.05, 4.69) is 15.6 Å². The summed E-state index contributed by atoms with van der Waals surface area (Å²) in [5.74, 6) is 2.28. The van der Waals surface area contributed by atoms with Crippen LogP contribution in [0.1, 0.15) is 18.4 Å². The quantitative estimate of drug-likeness (QED) is 0.344. The van der Waals surface area contributed by atoms with Gasteiger partial charge in [0.15, 0.2) is 16.6 Å². The van der Waals surface area contributed by atoms with Crippen molar-refractivity contribution in [2.75, 3.05) is 17.4 Å². The van der Waals surface area contributed by atoms with Gasteiger partial charge in [-0.1, -0.05) is 17.4 Å². The minimum atomic E-state index is -0.373. The van der Waals surface area contributed by atoms with E-state index in [0.29, 0.717) is 40.4 Å². The zero-order valence-electron chi connectivity index (χ0n) is 18.0. The fraction of sp³-hybridized carbons (Fsp3) is 0.200. The van der Waals surface area contributed by atoms with Crippen LogP contribution >= 0.6 is 11.3 Å². The van der Waals surface area contributed by atoms with Crippen LogP contribution in [0.25, 0.3) is 10.2 Å². The third-order valence-corrected chi connectivity index (χ3v) is 6.57. The Morgan fingerprint density at radius 3 is 2.76 bits per heavy atom. The average molecular weight is 478 g/mol. The van der Waals surface area contributed by atoms with Gasteiger partial charge in [-0.2, -0.15) is 0 Å². The lowest BCUT2D eigenvalue weighted by atomic mass is 10.2. The summed E-state index contributed by atoms with van der Waals surface area (Å²) in [5, 5.41) is 6.58. The predicted octanol–water partition coefficient (Wildman–Crippen LogP) is 5.92. The summed E-state index contributed by atoms with van der Waals surface area (Å²) in [5.41, 5.74) is 2.06. The highest BCUT2D eigenvalue weighted by molar-refractivity contribution is 7.22. The van der Waals surface area contributed by atoms with E-state index < -0.39 is 0 Å². The molecule has 0 atom stereocenters. The zero-order valence-corrected chi connectivity index (χ0v) is 18.8. The highest BCUT2D eigenvalue weighted by Crippen LogP contribution is 2.35. The van der Waals surface area contributed by atoms with E-state index in [1.807, 2.05) is 30.3 Å². The van der Waals surface area contributed by atoms with Gasteiger partial charge in [-0.05, 0) is 54.8 Å². The molecule has 0 bridgehead atoms. The summed E-state index contributed by atoms with van der Waals surface area (Å²) in [6.07, 6.45) is 1.89. The van der Waals surface area contributed by atoms with E-state index in [0.717, 1.165) is 28.6 Å². The van der Waals surface area contributed by atoms with Gasteiger partial charge in [0.2, 0.25) is 12.7 Å². The molecule has 1 amide bonds. The van der Waals surface area contributed by atoms with Crippen LogP contribution in [-0.4, -0.2) is 17.7 Å². The molecule has 6 rings (SSSR count). The topological polar surface area (TPSA) is 81.7 Å². The average Bonchev–Trinajstić information content (AvgIpc) is 3.46. The maximum Gasteiger partial charge on any atom is 0.231 e. The van der Waals surface area contributed by atoms with Gasteiger partial charge in [-0.25, -0.2) is 9.37 Å². The zero-order chi connectivity index (χ0) is 23.1. The van der Waals surface area contributed by atoms with Crippen molar-refractivity contribution < 1.29 is 23.4 Å². The number of anilines is 2. The Labute approximate surface area is 198 Å². The van der Waals surface area contributed by atoms with Crippen molar-refractivity contribution in [1.29, 1.82) is 0 Å². The SMILES string of the molecule is O=C(Nc1nc2ccc(Oc3ccc(F)c(NCc4ccc5c(c4)OCO5)c3)cc2s1)C1CC1. The second-order valence-corrected chi connectivity index (χ2v) is 9.23. The van der Waals surface area contributed by atoms with E-state index in [1.165, 1.54) is 17.4 Å². The Kier molecular flexibility index (Phi) is 5.18. The molecule has 0 saturated heterocycles. The molecule has 4 aromatic rings. The van der Waals surface area contributed by atoms with Gasteiger partial charge in [0.1, 0.15) is 17.3 Å². The van der Waals surface area contributed by atoms with Gasteiger partial charge >= 0.3 is 0 Å². The summed E-state index contributed by atoms with van der Waals surface area (Å²) in [4.78, 5) is 16.5. The molecule has 1 aromatic heterocycles. The van der Waals surface area contributed by atoms with Crippen LogP contribution in [0.15, 0.2) is 54.6 Å². The lowest BCUT2D eigenvalue weighted by Crippen LogP contribution is -2.12. The van der Waals surface area contributed by atoms with Crippen molar-refractivity contribution in [2.45, 2.75) is 19.4 Å². The van der Waals surface area contributed by atoms with Crippen LogP contribution in [-0.2, 0) is 11.3 Å². The first-order chi connectivity index (χ1) is 16.6. The molecular weight excluding hydrogens is 457 g/mol. The number of fused-ring (bicyclic) bond motifs is 2. The minimum absolute atomic E-state index is 0.0302. The van der Waals surface area contributed by atoms with Crippen LogP contribution in [0.4, 0.5) is 15.2 Å². The number of thiazole rings is 1.